The predicted octanol–water partition coefficient (Wildman–Crippen LogP) is 4.78. The zero-order chi connectivity index (χ0) is 14.5. The lowest BCUT2D eigenvalue weighted by atomic mass is 10.2. The average Bonchev–Trinajstić information content (AvgIpc) is 2.40. The molecule has 0 radical (unpaired) electrons. The van der Waals surface area contributed by atoms with E-state index >= 15 is 0 Å². The fourth-order valence-electron chi connectivity index (χ4n) is 1.65. The van der Waals surface area contributed by atoms with E-state index in [9.17, 15) is 4.79 Å². The molecule has 0 aliphatic carbocycles. The number of rotatable bonds is 4. The molecule has 20 heavy (non-hydrogen) atoms. The van der Waals surface area contributed by atoms with Gasteiger partial charge < -0.3 is 5.32 Å². The van der Waals surface area contributed by atoms with E-state index in [1.807, 2.05) is 42.5 Å². The molecule has 0 unspecified atom stereocenters. The van der Waals surface area contributed by atoms with Crippen molar-refractivity contribution in [1.82, 2.24) is 5.32 Å². The average molecular weight is 326 g/mol. The van der Waals surface area contributed by atoms with Crippen molar-refractivity contribution in [2.24, 2.45) is 0 Å². The molecule has 0 fully saturated rings. The van der Waals surface area contributed by atoms with E-state index in [0.29, 0.717) is 16.6 Å². The molecule has 0 saturated heterocycles. The normalized spacial score (nSPS) is 10.3. The number of carbonyl (C=O) groups excluding carboxylic acids is 1. The van der Waals surface area contributed by atoms with Gasteiger partial charge in [0.25, 0.3) is 0 Å². The van der Waals surface area contributed by atoms with Crippen LogP contribution in [0.2, 0.25) is 10.0 Å². The topological polar surface area (TPSA) is 29.1 Å². The monoisotopic (exact) mass is 325 g/mol. The number of amides is 1. The summed E-state index contributed by atoms with van der Waals surface area (Å²) in [7, 11) is 0. The van der Waals surface area contributed by atoms with Crippen molar-refractivity contribution in [3.8, 4) is 0 Å². The Labute approximate surface area is 132 Å². The minimum absolute atomic E-state index is 0.0765. The summed E-state index contributed by atoms with van der Waals surface area (Å²) in [5.74, 6) is -0.0765. The van der Waals surface area contributed by atoms with Crippen LogP contribution in [0.3, 0.4) is 0 Å². The predicted molar refractivity (Wildman–Crippen MR) is 84.5 cm³/mol. The second-order valence-corrected chi connectivity index (χ2v) is 6.14. The van der Waals surface area contributed by atoms with Crippen molar-refractivity contribution in [3.05, 3.63) is 58.1 Å². The second kappa shape index (κ2) is 7.02. The first-order valence-corrected chi connectivity index (χ1v) is 7.59. The van der Waals surface area contributed by atoms with Gasteiger partial charge in [-0.25, -0.2) is 0 Å². The van der Waals surface area contributed by atoms with Crippen LogP contribution < -0.4 is 5.32 Å². The molecule has 2 rings (SSSR count). The molecule has 1 amide bonds. The van der Waals surface area contributed by atoms with Gasteiger partial charge in [0.1, 0.15) is 0 Å². The van der Waals surface area contributed by atoms with Gasteiger partial charge in [0.2, 0.25) is 5.91 Å². The fourth-order valence-corrected chi connectivity index (χ4v) is 3.05. The Morgan fingerprint density at radius 3 is 2.50 bits per heavy atom. The summed E-state index contributed by atoms with van der Waals surface area (Å²) >= 11 is 13.7. The van der Waals surface area contributed by atoms with Gasteiger partial charge in [0.05, 0.1) is 0 Å². The number of halogens is 2. The maximum Gasteiger partial charge on any atom is 0.217 e. The first kappa shape index (κ1) is 15.2. The van der Waals surface area contributed by atoms with E-state index in [2.05, 4.69) is 5.32 Å². The highest BCUT2D eigenvalue weighted by molar-refractivity contribution is 7.99. The van der Waals surface area contributed by atoms with Gasteiger partial charge in [-0.2, -0.15) is 0 Å². The fraction of sp³-hybridized carbons (Fsp3) is 0.133. The second-order valence-electron chi connectivity index (χ2n) is 4.18. The summed E-state index contributed by atoms with van der Waals surface area (Å²) < 4.78 is 0. The van der Waals surface area contributed by atoms with Crippen LogP contribution in [0.25, 0.3) is 0 Å². The highest BCUT2D eigenvalue weighted by atomic mass is 35.5. The summed E-state index contributed by atoms with van der Waals surface area (Å²) in [5.41, 5.74) is 0.921. The van der Waals surface area contributed by atoms with Crippen LogP contribution in [0.15, 0.2) is 52.3 Å². The first-order valence-electron chi connectivity index (χ1n) is 6.01. The van der Waals surface area contributed by atoms with E-state index in [-0.39, 0.29) is 5.91 Å². The van der Waals surface area contributed by atoms with Crippen molar-refractivity contribution in [2.45, 2.75) is 23.3 Å². The van der Waals surface area contributed by atoms with Crippen LogP contribution in [-0.4, -0.2) is 5.91 Å². The van der Waals surface area contributed by atoms with Gasteiger partial charge in [0.15, 0.2) is 0 Å². The van der Waals surface area contributed by atoms with Gasteiger partial charge in [0, 0.05) is 38.9 Å². The van der Waals surface area contributed by atoms with Crippen LogP contribution in [0, 0.1) is 0 Å². The zero-order valence-corrected chi connectivity index (χ0v) is 13.1. The number of carbonyl (C=O) groups is 1. The maximum atomic E-state index is 11.1. The molecule has 2 aromatic rings. The zero-order valence-electron chi connectivity index (χ0n) is 10.8. The molecule has 0 aromatic heterocycles. The molecule has 5 heteroatoms. The van der Waals surface area contributed by atoms with E-state index < -0.39 is 0 Å². The van der Waals surface area contributed by atoms with Crippen molar-refractivity contribution in [3.63, 3.8) is 0 Å². The maximum absolute atomic E-state index is 11.1. The Morgan fingerprint density at radius 1 is 1.15 bits per heavy atom. The molecule has 0 bridgehead atoms. The Balaban J connectivity index is 2.24. The van der Waals surface area contributed by atoms with Gasteiger partial charge in [-0.1, -0.05) is 41.0 Å². The van der Waals surface area contributed by atoms with Gasteiger partial charge >= 0.3 is 0 Å². The van der Waals surface area contributed by atoms with Crippen LogP contribution in [0.5, 0.6) is 0 Å². The third kappa shape index (κ3) is 4.17. The molecule has 104 valence electrons. The first-order chi connectivity index (χ1) is 9.56. The Morgan fingerprint density at radius 2 is 1.85 bits per heavy atom. The molecule has 0 atom stereocenters. The van der Waals surface area contributed by atoms with Crippen molar-refractivity contribution in [1.29, 1.82) is 0 Å². The van der Waals surface area contributed by atoms with E-state index in [1.54, 1.807) is 11.8 Å². The van der Waals surface area contributed by atoms with Crippen molar-refractivity contribution in [2.75, 3.05) is 0 Å². The smallest absolute Gasteiger partial charge is 0.217 e. The van der Waals surface area contributed by atoms with Crippen LogP contribution in [0.4, 0.5) is 0 Å². The largest absolute Gasteiger partial charge is 0.352 e. The molecular weight excluding hydrogens is 313 g/mol. The van der Waals surface area contributed by atoms with E-state index in [1.165, 1.54) is 6.92 Å². The number of hydrogen-bond donors (Lipinski definition) is 1. The molecule has 0 saturated carbocycles. The van der Waals surface area contributed by atoms with Gasteiger partial charge in [-0.3, -0.25) is 4.79 Å². The number of hydrogen-bond acceptors (Lipinski definition) is 2. The third-order valence-electron chi connectivity index (χ3n) is 2.63. The lowest BCUT2D eigenvalue weighted by Gasteiger charge is -2.11. The van der Waals surface area contributed by atoms with Crippen molar-refractivity contribution < 1.29 is 4.79 Å². The quantitative estimate of drug-likeness (QED) is 0.876. The molecule has 1 N–H and O–H groups in total. The minimum atomic E-state index is -0.0765. The minimum Gasteiger partial charge on any atom is -0.352 e. The van der Waals surface area contributed by atoms with Crippen molar-refractivity contribution >= 4 is 40.9 Å². The van der Waals surface area contributed by atoms with Crippen LogP contribution in [-0.2, 0) is 11.3 Å². The lowest BCUT2D eigenvalue weighted by molar-refractivity contribution is -0.119. The Bertz CT molecular complexity index is 614. The van der Waals surface area contributed by atoms with E-state index in [0.717, 1.165) is 15.4 Å². The van der Waals surface area contributed by atoms with Crippen LogP contribution in [0.1, 0.15) is 12.5 Å². The SMILES string of the molecule is CC(=O)NCc1c(Cl)cccc1Sc1ccc(Cl)cc1. The summed E-state index contributed by atoms with van der Waals surface area (Å²) in [6.45, 7) is 1.91. The number of nitrogens with one attached hydrogen (secondary N) is 1. The molecule has 0 heterocycles. The van der Waals surface area contributed by atoms with Crippen LogP contribution >= 0.6 is 35.0 Å². The molecule has 2 nitrogen and oxygen atoms in total. The van der Waals surface area contributed by atoms with Gasteiger partial charge in [-0.05, 0) is 36.4 Å². The highest BCUT2D eigenvalue weighted by Gasteiger charge is 2.09. The summed E-state index contributed by atoms with van der Waals surface area (Å²) in [6, 6.07) is 13.3. The molecule has 0 spiro atoms. The number of benzene rings is 2. The Hall–Kier alpha value is -1.16. The standard InChI is InChI=1S/C15H13Cl2NOS/c1-10(19)18-9-13-14(17)3-2-4-15(13)20-12-7-5-11(16)6-8-12/h2-8H,9H2,1H3,(H,18,19). The summed E-state index contributed by atoms with van der Waals surface area (Å²) in [4.78, 5) is 13.2. The summed E-state index contributed by atoms with van der Waals surface area (Å²) in [5, 5.41) is 4.14. The molecule has 0 aliphatic rings. The molecule has 2 aromatic carbocycles. The highest BCUT2D eigenvalue weighted by Crippen LogP contribution is 2.34. The molecule has 0 aliphatic heterocycles. The molecular formula is C15H13Cl2NOS. The Kier molecular flexibility index (Phi) is 5.35. The van der Waals surface area contributed by atoms with Gasteiger partial charge in [-0.15, -0.1) is 0 Å². The third-order valence-corrected chi connectivity index (χ3v) is 4.35. The summed E-state index contributed by atoms with van der Waals surface area (Å²) in [6.07, 6.45) is 0. The lowest BCUT2D eigenvalue weighted by Crippen LogP contribution is -2.19. The van der Waals surface area contributed by atoms with E-state index in [4.69, 9.17) is 23.2 Å².